The van der Waals surface area contributed by atoms with Crippen LogP contribution in [0.5, 0.6) is 5.75 Å². The van der Waals surface area contributed by atoms with Gasteiger partial charge in [0.15, 0.2) is 0 Å². The monoisotopic (exact) mass is 735 g/mol. The molecule has 0 heterocycles. The van der Waals surface area contributed by atoms with E-state index in [-0.39, 0.29) is 56.2 Å². The van der Waals surface area contributed by atoms with Crippen molar-refractivity contribution in [1.29, 1.82) is 0 Å². The van der Waals surface area contributed by atoms with Crippen molar-refractivity contribution < 1.29 is 42.8 Å². The van der Waals surface area contributed by atoms with Gasteiger partial charge in [0.2, 0.25) is 17.7 Å². The minimum atomic E-state index is -1.31. The van der Waals surface area contributed by atoms with Gasteiger partial charge >= 0.3 is 12.1 Å². The molecule has 0 aliphatic heterocycles. The maximum atomic E-state index is 13.7. The van der Waals surface area contributed by atoms with Gasteiger partial charge in [0.1, 0.15) is 30.5 Å². The largest absolute Gasteiger partial charge is 0.514 e. The lowest BCUT2D eigenvalue weighted by Gasteiger charge is -2.27. The van der Waals surface area contributed by atoms with Crippen molar-refractivity contribution in [2.24, 2.45) is 10.7 Å². The molecule has 0 bridgehead atoms. The molecule has 0 saturated carbocycles. The number of carboxylic acids is 1. The molecule has 5 N–H and O–H groups in total. The third-order valence-electron chi connectivity index (χ3n) is 7.68. The maximum Gasteiger partial charge on any atom is 0.514 e. The summed E-state index contributed by atoms with van der Waals surface area (Å²) in [4.78, 5) is 69.6. The number of hydrogen-bond donors (Lipinski definition) is 4. The number of rotatable bonds is 19. The van der Waals surface area contributed by atoms with Crippen LogP contribution >= 0.6 is 0 Å². The molecular formula is C37H45N5O9S. The van der Waals surface area contributed by atoms with Crippen molar-refractivity contribution in [2.45, 2.75) is 57.3 Å². The summed E-state index contributed by atoms with van der Waals surface area (Å²) in [5, 5.41) is 14.5. The molecule has 0 radical (unpaired) electrons. The Bertz CT molecular complexity index is 1700. The molecule has 3 aromatic carbocycles. The zero-order valence-corrected chi connectivity index (χ0v) is 30.2. The zero-order valence-electron chi connectivity index (χ0n) is 29.4. The van der Waals surface area contributed by atoms with Crippen LogP contribution in [0.15, 0.2) is 89.9 Å². The minimum Gasteiger partial charge on any atom is -0.481 e. The van der Waals surface area contributed by atoms with E-state index in [0.29, 0.717) is 5.56 Å². The fraction of sp³-hybridized carbons (Fsp3) is 0.351. The van der Waals surface area contributed by atoms with E-state index in [1.165, 1.54) is 37.3 Å². The molecule has 0 aliphatic rings. The van der Waals surface area contributed by atoms with E-state index in [4.69, 9.17) is 20.3 Å². The molecule has 52 heavy (non-hydrogen) atoms. The summed E-state index contributed by atoms with van der Waals surface area (Å²) in [6.45, 7) is 1.49. The van der Waals surface area contributed by atoms with Crippen molar-refractivity contribution in [3.63, 3.8) is 0 Å². The molecule has 0 saturated heterocycles. The van der Waals surface area contributed by atoms with E-state index in [2.05, 4.69) is 15.6 Å². The fourth-order valence-electron chi connectivity index (χ4n) is 4.98. The third kappa shape index (κ3) is 14.7. The Kier molecular flexibility index (Phi) is 16.5. The number of aliphatic imine (C=N–C) groups is 1. The number of amides is 3. The number of carbonyl (C=O) groups is 5. The van der Waals surface area contributed by atoms with E-state index in [1.807, 2.05) is 36.4 Å². The first-order valence-corrected chi connectivity index (χ1v) is 18.2. The number of amidine groups is 1. The molecule has 0 spiro atoms. The van der Waals surface area contributed by atoms with Crippen LogP contribution in [0.4, 0.5) is 4.79 Å². The van der Waals surface area contributed by atoms with Gasteiger partial charge in [0.25, 0.3) is 0 Å². The van der Waals surface area contributed by atoms with Crippen molar-refractivity contribution in [3.05, 3.63) is 102 Å². The maximum absolute atomic E-state index is 13.7. The highest BCUT2D eigenvalue weighted by molar-refractivity contribution is 7.84. The summed E-state index contributed by atoms with van der Waals surface area (Å²) in [5.41, 5.74) is 8.06. The SMILES string of the molecule is CC(N)=N[C@@H](Cc1ccc(OC(=O)OCc2ccccc2)cc1)C(=O)N[C@H](CCS(C)=O)C(=O)N[C@@H](Cc1ccccc1)C(=O)N(C)CCC(=O)O. The number of nitrogens with two attached hydrogens (primary N) is 1. The number of ether oxygens (including phenoxy) is 2. The Balaban J connectivity index is 1.73. The van der Waals surface area contributed by atoms with Crippen LogP contribution in [-0.4, -0.2) is 93.6 Å². The molecule has 3 amide bonds. The number of likely N-dealkylation sites (N-methyl/N-ethyl adjacent to an activating group) is 1. The van der Waals surface area contributed by atoms with Gasteiger partial charge in [-0.15, -0.1) is 0 Å². The van der Waals surface area contributed by atoms with Crippen LogP contribution in [-0.2, 0) is 54.2 Å². The quantitative estimate of drug-likeness (QED) is 0.0613. The summed E-state index contributed by atoms with van der Waals surface area (Å²) < 4.78 is 22.4. The molecule has 0 fully saturated rings. The van der Waals surface area contributed by atoms with Crippen LogP contribution in [0.2, 0.25) is 0 Å². The average Bonchev–Trinajstić information content (AvgIpc) is 3.11. The molecule has 0 aromatic heterocycles. The Morgan fingerprint density at radius 3 is 2.00 bits per heavy atom. The predicted octanol–water partition coefficient (Wildman–Crippen LogP) is 2.60. The second-order valence-corrected chi connectivity index (χ2v) is 13.6. The number of carboxylic acid groups (broad SMARTS) is 1. The molecule has 278 valence electrons. The Morgan fingerprint density at radius 2 is 1.42 bits per heavy atom. The van der Waals surface area contributed by atoms with Crippen molar-refractivity contribution in [1.82, 2.24) is 15.5 Å². The first kappa shape index (κ1) is 40.9. The van der Waals surface area contributed by atoms with Crippen LogP contribution in [0.25, 0.3) is 0 Å². The molecule has 3 rings (SSSR count). The molecule has 3 aromatic rings. The molecule has 14 nitrogen and oxygen atoms in total. The van der Waals surface area contributed by atoms with Crippen LogP contribution in [0, 0.1) is 0 Å². The average molecular weight is 736 g/mol. The molecule has 4 atom stereocenters. The second kappa shape index (κ2) is 20.9. The van der Waals surface area contributed by atoms with E-state index in [1.54, 1.807) is 36.4 Å². The predicted molar refractivity (Wildman–Crippen MR) is 196 cm³/mol. The van der Waals surface area contributed by atoms with Gasteiger partial charge in [-0.2, -0.15) is 0 Å². The van der Waals surface area contributed by atoms with Gasteiger partial charge in [0, 0.05) is 49.2 Å². The van der Waals surface area contributed by atoms with Gasteiger partial charge in [-0.1, -0.05) is 72.8 Å². The number of aliphatic carboxylic acids is 1. The van der Waals surface area contributed by atoms with Crippen molar-refractivity contribution in [2.75, 3.05) is 25.6 Å². The highest BCUT2D eigenvalue weighted by Gasteiger charge is 2.31. The summed E-state index contributed by atoms with van der Waals surface area (Å²) in [7, 11) is 0.139. The summed E-state index contributed by atoms with van der Waals surface area (Å²) >= 11 is 0. The molecule has 1 unspecified atom stereocenters. The second-order valence-electron chi connectivity index (χ2n) is 12.0. The first-order chi connectivity index (χ1) is 24.8. The minimum absolute atomic E-state index is 0.00770. The van der Waals surface area contributed by atoms with E-state index in [0.717, 1.165) is 11.1 Å². The van der Waals surface area contributed by atoms with Gasteiger partial charge in [0.05, 0.1) is 12.3 Å². The lowest BCUT2D eigenvalue weighted by molar-refractivity contribution is -0.139. The highest BCUT2D eigenvalue weighted by atomic mass is 32.2. The number of benzene rings is 3. The van der Waals surface area contributed by atoms with E-state index in [9.17, 15) is 28.2 Å². The lowest BCUT2D eigenvalue weighted by atomic mass is 10.0. The van der Waals surface area contributed by atoms with Crippen molar-refractivity contribution in [3.8, 4) is 5.75 Å². The van der Waals surface area contributed by atoms with Crippen LogP contribution < -0.4 is 21.1 Å². The molecule has 0 aliphatic carbocycles. The Labute approximate surface area is 305 Å². The Hall–Kier alpha value is -5.57. The smallest absolute Gasteiger partial charge is 0.481 e. The lowest BCUT2D eigenvalue weighted by Crippen LogP contribution is -2.56. The summed E-state index contributed by atoms with van der Waals surface area (Å²) in [5.74, 6) is -2.50. The topological polar surface area (TPSA) is 207 Å². The van der Waals surface area contributed by atoms with Gasteiger partial charge in [-0.05, 0) is 42.2 Å². The van der Waals surface area contributed by atoms with Gasteiger partial charge < -0.3 is 35.8 Å². The fourth-order valence-corrected chi connectivity index (χ4v) is 5.55. The van der Waals surface area contributed by atoms with E-state index < -0.39 is 58.8 Å². The number of carbonyl (C=O) groups excluding carboxylic acids is 4. The number of nitrogens with zero attached hydrogens (tertiary/aromatic N) is 2. The number of nitrogens with one attached hydrogen (secondary N) is 2. The zero-order chi connectivity index (χ0) is 38.0. The van der Waals surface area contributed by atoms with Gasteiger partial charge in [-0.25, -0.2) is 4.79 Å². The third-order valence-corrected chi connectivity index (χ3v) is 8.49. The molecule has 15 heteroatoms. The van der Waals surface area contributed by atoms with Crippen molar-refractivity contribution >= 4 is 46.5 Å². The number of hydrogen-bond acceptors (Lipinski definition) is 9. The summed E-state index contributed by atoms with van der Waals surface area (Å²) in [6.07, 6.45) is 0.469. The van der Waals surface area contributed by atoms with Crippen LogP contribution in [0.1, 0.15) is 36.5 Å². The first-order valence-electron chi connectivity index (χ1n) is 16.5. The highest BCUT2D eigenvalue weighted by Crippen LogP contribution is 2.16. The normalized spacial score (nSPS) is 13.5. The summed E-state index contributed by atoms with van der Waals surface area (Å²) in [6, 6.07) is 21.1. The Morgan fingerprint density at radius 1 is 0.846 bits per heavy atom. The molecular weight excluding hydrogens is 690 g/mol. The van der Waals surface area contributed by atoms with E-state index >= 15 is 0 Å². The van der Waals surface area contributed by atoms with Gasteiger partial charge in [-0.3, -0.25) is 28.4 Å². The van der Waals surface area contributed by atoms with Crippen LogP contribution in [0.3, 0.4) is 0 Å². The standard InChI is InChI=1S/C37H45N5O9S/c1-25(38)39-31(22-27-14-16-29(17-15-27)51-37(48)50-24-28-12-8-5-9-13-28)35(46)40-30(19-21-52(3)49)34(45)41-32(23-26-10-6-4-7-11-26)36(47)42(2)20-18-33(43)44/h4-17,30-32H,18-24H2,1-3H3,(H2,38,39)(H,40,46)(H,41,45)(H,43,44)/t30-,31+,32+,52?/m1/s1.